The number of hydrogen-bond acceptors (Lipinski definition) is 4. The van der Waals surface area contributed by atoms with Gasteiger partial charge in [0, 0.05) is 17.8 Å². The summed E-state index contributed by atoms with van der Waals surface area (Å²) in [5.41, 5.74) is 0. The van der Waals surface area contributed by atoms with Gasteiger partial charge < -0.3 is 5.32 Å². The fraction of sp³-hybridized carbons (Fsp3) is 0.214. The van der Waals surface area contributed by atoms with Crippen LogP contribution >= 0.6 is 22.9 Å². The predicted molar refractivity (Wildman–Crippen MR) is 87.4 cm³/mol. The number of rotatable bonds is 7. The summed E-state index contributed by atoms with van der Waals surface area (Å²) in [6, 6.07) is 8.01. The molecular formula is C14H14ClFN2O3S2. The lowest BCUT2D eigenvalue weighted by Gasteiger charge is -2.07. The van der Waals surface area contributed by atoms with Crippen molar-refractivity contribution in [2.75, 3.05) is 6.54 Å². The molecule has 0 aliphatic carbocycles. The van der Waals surface area contributed by atoms with Crippen molar-refractivity contribution in [1.82, 2.24) is 10.0 Å². The Hall–Kier alpha value is -1.48. The van der Waals surface area contributed by atoms with Crippen LogP contribution in [-0.4, -0.2) is 20.9 Å². The molecule has 2 rings (SSSR count). The van der Waals surface area contributed by atoms with Crippen molar-refractivity contribution in [1.29, 1.82) is 0 Å². The van der Waals surface area contributed by atoms with Gasteiger partial charge in [-0.05, 0) is 36.4 Å². The van der Waals surface area contributed by atoms with Crippen molar-refractivity contribution >= 4 is 38.9 Å². The summed E-state index contributed by atoms with van der Waals surface area (Å²) in [5.74, 6) is -0.798. The summed E-state index contributed by atoms with van der Waals surface area (Å²) in [6.45, 7) is 0.303. The maximum atomic E-state index is 12.8. The Balaban J connectivity index is 1.77. The number of amides is 1. The van der Waals surface area contributed by atoms with Gasteiger partial charge in [-0.15, -0.1) is 11.3 Å². The first kappa shape index (κ1) is 17.9. The van der Waals surface area contributed by atoms with E-state index in [1.165, 1.54) is 11.3 Å². The molecule has 0 saturated carbocycles. The van der Waals surface area contributed by atoms with Crippen LogP contribution in [-0.2, 0) is 21.4 Å². The quantitative estimate of drug-likeness (QED) is 0.779. The molecule has 0 fully saturated rings. The van der Waals surface area contributed by atoms with Crippen molar-refractivity contribution in [2.45, 2.75) is 17.9 Å². The molecule has 1 aromatic heterocycles. The third-order valence-electron chi connectivity index (χ3n) is 2.86. The molecule has 0 radical (unpaired) electrons. The second kappa shape index (κ2) is 7.87. The average Bonchev–Trinajstić information content (AvgIpc) is 2.91. The Kier molecular flexibility index (Phi) is 6.11. The SMILES string of the molecule is O=C(CCNS(=O)(=O)c1ccc(F)cc1)NCc1ccc(Cl)s1. The number of nitrogens with one attached hydrogen (secondary N) is 2. The number of benzene rings is 1. The van der Waals surface area contributed by atoms with Crippen molar-refractivity contribution in [3.05, 3.63) is 51.4 Å². The van der Waals surface area contributed by atoms with Crippen molar-refractivity contribution in [3.63, 3.8) is 0 Å². The molecule has 0 aliphatic heterocycles. The second-order valence-electron chi connectivity index (χ2n) is 4.58. The molecular weight excluding hydrogens is 363 g/mol. The summed E-state index contributed by atoms with van der Waals surface area (Å²) < 4.78 is 39.6. The van der Waals surface area contributed by atoms with Crippen LogP contribution in [0.5, 0.6) is 0 Å². The Bertz CT molecular complexity index is 776. The summed E-state index contributed by atoms with van der Waals surface area (Å²) in [5, 5.41) is 2.67. The van der Waals surface area contributed by atoms with E-state index in [1.807, 2.05) is 6.07 Å². The number of carbonyl (C=O) groups excluding carboxylic acids is 1. The van der Waals surface area contributed by atoms with E-state index in [-0.39, 0.29) is 23.8 Å². The minimum atomic E-state index is -3.75. The molecule has 1 aromatic carbocycles. The lowest BCUT2D eigenvalue weighted by molar-refractivity contribution is -0.121. The zero-order valence-electron chi connectivity index (χ0n) is 11.9. The van der Waals surface area contributed by atoms with Gasteiger partial charge in [0.05, 0.1) is 15.8 Å². The molecule has 2 aromatic rings. The summed E-state index contributed by atoms with van der Waals surface area (Å²) in [6.07, 6.45) is -0.000464. The number of thiophene rings is 1. The molecule has 124 valence electrons. The van der Waals surface area contributed by atoms with Crippen LogP contribution in [0, 0.1) is 5.82 Å². The van der Waals surface area contributed by atoms with Crippen LogP contribution in [0.1, 0.15) is 11.3 Å². The highest BCUT2D eigenvalue weighted by Crippen LogP contribution is 2.20. The van der Waals surface area contributed by atoms with Crippen LogP contribution in [0.2, 0.25) is 4.34 Å². The topological polar surface area (TPSA) is 75.3 Å². The first-order valence-electron chi connectivity index (χ1n) is 6.63. The van der Waals surface area contributed by atoms with E-state index in [4.69, 9.17) is 11.6 Å². The fourth-order valence-electron chi connectivity index (χ4n) is 1.72. The highest BCUT2D eigenvalue weighted by atomic mass is 35.5. The molecule has 0 aliphatic rings. The Labute approximate surface area is 142 Å². The van der Waals surface area contributed by atoms with Gasteiger partial charge in [-0.1, -0.05) is 11.6 Å². The van der Waals surface area contributed by atoms with Crippen molar-refractivity contribution in [2.24, 2.45) is 0 Å². The molecule has 9 heteroatoms. The number of carbonyl (C=O) groups is 1. The van der Waals surface area contributed by atoms with Crippen LogP contribution in [0.15, 0.2) is 41.3 Å². The maximum Gasteiger partial charge on any atom is 0.240 e. The number of sulfonamides is 1. The summed E-state index contributed by atoms with van der Waals surface area (Å²) >= 11 is 7.15. The van der Waals surface area contributed by atoms with Crippen LogP contribution in [0.3, 0.4) is 0 Å². The zero-order chi connectivity index (χ0) is 16.9. The third kappa shape index (κ3) is 5.58. The zero-order valence-corrected chi connectivity index (χ0v) is 14.3. The van der Waals surface area contributed by atoms with E-state index in [2.05, 4.69) is 10.0 Å². The van der Waals surface area contributed by atoms with Crippen LogP contribution in [0.25, 0.3) is 0 Å². The maximum absolute atomic E-state index is 12.8. The number of halogens is 2. The predicted octanol–water partition coefficient (Wildman–Crippen LogP) is 2.53. The van der Waals surface area contributed by atoms with E-state index >= 15 is 0 Å². The Morgan fingerprint density at radius 2 is 1.87 bits per heavy atom. The van der Waals surface area contributed by atoms with Gasteiger partial charge in [-0.2, -0.15) is 0 Å². The smallest absolute Gasteiger partial charge is 0.240 e. The molecule has 0 saturated heterocycles. The minimum absolute atomic E-state index is 0.000464. The van der Waals surface area contributed by atoms with Crippen molar-refractivity contribution < 1.29 is 17.6 Å². The highest BCUT2D eigenvalue weighted by molar-refractivity contribution is 7.89. The molecule has 1 heterocycles. The van der Waals surface area contributed by atoms with Gasteiger partial charge in [-0.25, -0.2) is 17.5 Å². The van der Waals surface area contributed by atoms with Gasteiger partial charge in [0.1, 0.15) is 5.82 Å². The van der Waals surface area contributed by atoms with E-state index in [9.17, 15) is 17.6 Å². The van der Waals surface area contributed by atoms with Gasteiger partial charge in [0.25, 0.3) is 0 Å². The minimum Gasteiger partial charge on any atom is -0.351 e. The van der Waals surface area contributed by atoms with Gasteiger partial charge in [0.15, 0.2) is 0 Å². The molecule has 0 unspecified atom stereocenters. The first-order chi connectivity index (χ1) is 10.9. The highest BCUT2D eigenvalue weighted by Gasteiger charge is 2.14. The molecule has 5 nitrogen and oxygen atoms in total. The Morgan fingerprint density at radius 3 is 2.48 bits per heavy atom. The summed E-state index contributed by atoms with van der Waals surface area (Å²) in [7, 11) is -3.75. The van der Waals surface area contributed by atoms with Crippen LogP contribution in [0.4, 0.5) is 4.39 Å². The van der Waals surface area contributed by atoms with E-state index in [1.54, 1.807) is 6.07 Å². The standard InChI is InChI=1S/C14H14ClFN2O3S2/c15-13-6-3-11(22-13)9-17-14(19)7-8-18-23(20,21)12-4-1-10(16)2-5-12/h1-6,18H,7-9H2,(H,17,19). The molecule has 0 bridgehead atoms. The molecule has 2 N–H and O–H groups in total. The lowest BCUT2D eigenvalue weighted by atomic mass is 10.4. The van der Waals surface area contributed by atoms with Gasteiger partial charge >= 0.3 is 0 Å². The van der Waals surface area contributed by atoms with E-state index in [0.717, 1.165) is 29.1 Å². The third-order valence-corrected chi connectivity index (χ3v) is 5.56. The largest absolute Gasteiger partial charge is 0.351 e. The normalized spacial score (nSPS) is 11.4. The lowest BCUT2D eigenvalue weighted by Crippen LogP contribution is -2.30. The molecule has 23 heavy (non-hydrogen) atoms. The first-order valence-corrected chi connectivity index (χ1v) is 9.31. The van der Waals surface area contributed by atoms with E-state index in [0.29, 0.717) is 10.9 Å². The Morgan fingerprint density at radius 1 is 1.17 bits per heavy atom. The van der Waals surface area contributed by atoms with Gasteiger partial charge in [0.2, 0.25) is 15.9 Å². The van der Waals surface area contributed by atoms with E-state index < -0.39 is 15.8 Å². The monoisotopic (exact) mass is 376 g/mol. The second-order valence-corrected chi connectivity index (χ2v) is 8.15. The fourth-order valence-corrected chi connectivity index (χ4v) is 3.78. The summed E-state index contributed by atoms with van der Waals surface area (Å²) in [4.78, 5) is 12.5. The molecule has 1 amide bonds. The number of hydrogen-bond donors (Lipinski definition) is 2. The van der Waals surface area contributed by atoms with Crippen LogP contribution < -0.4 is 10.0 Å². The molecule has 0 atom stereocenters. The molecule has 0 spiro atoms. The average molecular weight is 377 g/mol. The van der Waals surface area contributed by atoms with Gasteiger partial charge in [-0.3, -0.25) is 4.79 Å². The van der Waals surface area contributed by atoms with Crippen molar-refractivity contribution in [3.8, 4) is 0 Å².